The van der Waals surface area contributed by atoms with Gasteiger partial charge in [0.15, 0.2) is 0 Å². The predicted molar refractivity (Wildman–Crippen MR) is 91.7 cm³/mol. The molecule has 4 rings (SSSR count). The molecule has 0 fully saturated rings. The summed E-state index contributed by atoms with van der Waals surface area (Å²) >= 11 is 0. The zero-order chi connectivity index (χ0) is 16.1. The quantitative estimate of drug-likeness (QED) is 0.499. The predicted octanol–water partition coefficient (Wildman–Crippen LogP) is 1.37. The number of nitrogens with zero attached hydrogens (tertiary/aromatic N) is 4. The largest absolute Gasteiger partial charge is 0.334 e. The number of fused-ring (bicyclic) bond motifs is 3. The van der Waals surface area contributed by atoms with Crippen LogP contribution in [0.5, 0.6) is 0 Å². The van der Waals surface area contributed by atoms with Gasteiger partial charge in [-0.15, -0.1) is 0 Å². The van der Waals surface area contributed by atoms with E-state index < -0.39 is 0 Å². The van der Waals surface area contributed by atoms with Crippen LogP contribution >= 0.6 is 0 Å². The van der Waals surface area contributed by atoms with Crippen molar-refractivity contribution < 1.29 is 0 Å². The summed E-state index contributed by atoms with van der Waals surface area (Å²) < 4.78 is 3.22. The Balaban J connectivity index is 2.28. The highest BCUT2D eigenvalue weighted by Gasteiger charge is 2.17. The molecule has 0 amide bonds. The Morgan fingerprint density at radius 2 is 2.00 bits per heavy atom. The molecule has 0 atom stereocenters. The average Bonchev–Trinajstić information content (AvgIpc) is 2.80. The first-order valence-corrected chi connectivity index (χ1v) is 7.25. The molecule has 4 aromatic rings. The number of hydrogen-bond acceptors (Lipinski definition) is 3. The van der Waals surface area contributed by atoms with E-state index >= 15 is 0 Å². The van der Waals surface area contributed by atoms with E-state index in [4.69, 9.17) is 7.85 Å². The van der Waals surface area contributed by atoms with Gasteiger partial charge in [-0.05, 0) is 24.6 Å². The maximum absolute atomic E-state index is 12.8. The molecular formula is C17H13BN4O. The molecule has 3 heterocycles. The second kappa shape index (κ2) is 4.81. The molecule has 2 radical (unpaired) electrons. The van der Waals surface area contributed by atoms with Crippen molar-refractivity contribution in [1.29, 1.82) is 0 Å². The van der Waals surface area contributed by atoms with Crippen LogP contribution in [0.1, 0.15) is 5.56 Å². The standard InChI is InChI=1S/C17H13BN4O/c1-10-4-3-7-19-16(10)22-15-12-8-11(18)5-6-13(12)20-9-14(15)21(2)17(22)23/h3-9H,1-2H3. The molecule has 23 heavy (non-hydrogen) atoms. The van der Waals surface area contributed by atoms with E-state index in [0.29, 0.717) is 11.3 Å². The van der Waals surface area contributed by atoms with E-state index in [1.807, 2.05) is 31.2 Å². The lowest BCUT2D eigenvalue weighted by Gasteiger charge is -2.08. The van der Waals surface area contributed by atoms with Gasteiger partial charge in [0.25, 0.3) is 0 Å². The Morgan fingerprint density at radius 1 is 1.17 bits per heavy atom. The van der Waals surface area contributed by atoms with Gasteiger partial charge in [0.05, 0.1) is 22.7 Å². The van der Waals surface area contributed by atoms with Gasteiger partial charge in [0.1, 0.15) is 13.7 Å². The van der Waals surface area contributed by atoms with Gasteiger partial charge in [0, 0.05) is 18.6 Å². The third-order valence-electron chi connectivity index (χ3n) is 4.10. The van der Waals surface area contributed by atoms with Crippen molar-refractivity contribution in [2.45, 2.75) is 6.92 Å². The van der Waals surface area contributed by atoms with Crippen molar-refractivity contribution in [2.24, 2.45) is 7.05 Å². The normalized spacial score (nSPS) is 11.4. The summed E-state index contributed by atoms with van der Waals surface area (Å²) in [5.74, 6) is 0.623. The third-order valence-corrected chi connectivity index (χ3v) is 4.10. The number of benzene rings is 1. The number of aromatic nitrogens is 4. The van der Waals surface area contributed by atoms with Crippen LogP contribution in [-0.4, -0.2) is 26.9 Å². The topological polar surface area (TPSA) is 52.7 Å². The summed E-state index contributed by atoms with van der Waals surface area (Å²) in [7, 11) is 7.68. The summed E-state index contributed by atoms with van der Waals surface area (Å²) in [6.45, 7) is 1.94. The fraction of sp³-hybridized carbons (Fsp3) is 0.118. The zero-order valence-corrected chi connectivity index (χ0v) is 12.8. The fourth-order valence-corrected chi connectivity index (χ4v) is 2.92. The van der Waals surface area contributed by atoms with Crippen molar-refractivity contribution in [2.75, 3.05) is 0 Å². The van der Waals surface area contributed by atoms with Crippen LogP contribution in [0.25, 0.3) is 27.8 Å². The molecule has 1 aromatic carbocycles. The maximum atomic E-state index is 12.8. The molecular weight excluding hydrogens is 287 g/mol. The van der Waals surface area contributed by atoms with Gasteiger partial charge in [-0.25, -0.2) is 14.3 Å². The summed E-state index contributed by atoms with van der Waals surface area (Å²) in [4.78, 5) is 21.6. The highest BCUT2D eigenvalue weighted by atomic mass is 16.1. The van der Waals surface area contributed by atoms with E-state index in [0.717, 1.165) is 27.5 Å². The van der Waals surface area contributed by atoms with Crippen LogP contribution in [0.2, 0.25) is 0 Å². The van der Waals surface area contributed by atoms with Crippen LogP contribution < -0.4 is 11.2 Å². The zero-order valence-electron chi connectivity index (χ0n) is 12.8. The molecule has 6 heteroatoms. The summed E-state index contributed by atoms with van der Waals surface area (Å²) in [6, 6.07) is 9.30. The number of aryl methyl sites for hydroxylation is 2. The Hall–Kier alpha value is -2.89. The van der Waals surface area contributed by atoms with Crippen LogP contribution in [0.15, 0.2) is 47.5 Å². The van der Waals surface area contributed by atoms with Crippen LogP contribution in [-0.2, 0) is 7.05 Å². The highest BCUT2D eigenvalue weighted by molar-refractivity contribution is 6.33. The molecule has 5 nitrogen and oxygen atoms in total. The van der Waals surface area contributed by atoms with Gasteiger partial charge in [-0.2, -0.15) is 0 Å². The van der Waals surface area contributed by atoms with E-state index in [-0.39, 0.29) is 5.69 Å². The Bertz CT molecular complexity index is 1130. The molecule has 110 valence electrons. The van der Waals surface area contributed by atoms with Crippen LogP contribution in [0.4, 0.5) is 0 Å². The monoisotopic (exact) mass is 300 g/mol. The van der Waals surface area contributed by atoms with E-state index in [2.05, 4.69) is 9.97 Å². The lowest BCUT2D eigenvalue weighted by atomic mass is 9.94. The van der Waals surface area contributed by atoms with Gasteiger partial charge < -0.3 is 0 Å². The first-order chi connectivity index (χ1) is 11.1. The molecule has 3 aromatic heterocycles. The number of hydrogen-bond donors (Lipinski definition) is 0. The van der Waals surface area contributed by atoms with Crippen LogP contribution in [0, 0.1) is 6.92 Å². The molecule has 0 N–H and O–H groups in total. The summed E-state index contributed by atoms with van der Waals surface area (Å²) in [5.41, 5.74) is 3.72. The third kappa shape index (κ3) is 1.91. The number of pyridine rings is 2. The Kier molecular flexibility index (Phi) is 2.88. The summed E-state index contributed by atoms with van der Waals surface area (Å²) in [5, 5.41) is 0.838. The van der Waals surface area contributed by atoms with E-state index in [1.165, 1.54) is 0 Å². The molecule has 0 saturated carbocycles. The molecule has 0 aliphatic rings. The minimum atomic E-state index is -0.154. The van der Waals surface area contributed by atoms with Gasteiger partial charge in [-0.3, -0.25) is 9.55 Å². The van der Waals surface area contributed by atoms with Crippen molar-refractivity contribution in [3.05, 3.63) is 58.8 Å². The lowest BCUT2D eigenvalue weighted by molar-refractivity contribution is 0.830. The SMILES string of the molecule is [B]c1ccc2ncc3c(c2c1)n(-c1ncccc1C)c(=O)n3C. The van der Waals surface area contributed by atoms with E-state index in [1.54, 1.807) is 34.6 Å². The molecule has 0 aliphatic carbocycles. The molecule has 0 saturated heterocycles. The molecule has 0 spiro atoms. The first-order valence-electron chi connectivity index (χ1n) is 7.25. The van der Waals surface area contributed by atoms with E-state index in [9.17, 15) is 4.79 Å². The number of imidazole rings is 1. The van der Waals surface area contributed by atoms with Crippen molar-refractivity contribution in [3.63, 3.8) is 0 Å². The Morgan fingerprint density at radius 3 is 2.78 bits per heavy atom. The molecule has 0 unspecified atom stereocenters. The Labute approximate surface area is 133 Å². The number of rotatable bonds is 1. The molecule has 0 aliphatic heterocycles. The minimum absolute atomic E-state index is 0.154. The fourth-order valence-electron chi connectivity index (χ4n) is 2.92. The maximum Gasteiger partial charge on any atom is 0.334 e. The smallest absolute Gasteiger partial charge is 0.293 e. The minimum Gasteiger partial charge on any atom is -0.293 e. The van der Waals surface area contributed by atoms with Crippen LogP contribution in [0.3, 0.4) is 0 Å². The second-order valence-electron chi connectivity index (χ2n) is 5.59. The van der Waals surface area contributed by atoms with Crippen molar-refractivity contribution in [3.8, 4) is 5.82 Å². The van der Waals surface area contributed by atoms with Crippen molar-refractivity contribution >= 4 is 35.2 Å². The lowest BCUT2D eigenvalue weighted by Crippen LogP contribution is -2.22. The highest BCUT2D eigenvalue weighted by Crippen LogP contribution is 2.24. The second-order valence-corrected chi connectivity index (χ2v) is 5.59. The summed E-state index contributed by atoms with van der Waals surface area (Å²) in [6.07, 6.45) is 3.40. The molecule has 0 bridgehead atoms. The first kappa shape index (κ1) is 13.8. The van der Waals surface area contributed by atoms with Gasteiger partial charge in [-0.1, -0.05) is 23.7 Å². The van der Waals surface area contributed by atoms with Gasteiger partial charge in [0.2, 0.25) is 0 Å². The van der Waals surface area contributed by atoms with Crippen molar-refractivity contribution in [1.82, 2.24) is 19.1 Å². The van der Waals surface area contributed by atoms with Gasteiger partial charge >= 0.3 is 5.69 Å². The average molecular weight is 300 g/mol.